The molecule has 1 aromatic carbocycles. The van der Waals surface area contributed by atoms with Gasteiger partial charge in [0.05, 0.1) is 0 Å². The van der Waals surface area contributed by atoms with Gasteiger partial charge in [-0.15, -0.1) is 0 Å². The van der Waals surface area contributed by atoms with Crippen LogP contribution in [0.4, 0.5) is 5.82 Å². The highest BCUT2D eigenvalue weighted by Crippen LogP contribution is 2.20. The van der Waals surface area contributed by atoms with Gasteiger partial charge in [-0.1, -0.05) is 36.4 Å². The van der Waals surface area contributed by atoms with Crippen molar-refractivity contribution >= 4 is 5.82 Å². The highest BCUT2D eigenvalue weighted by atomic mass is 15.2. The number of nitrogens with zero attached hydrogens (tertiary/aromatic N) is 3. The topological polar surface area (TPSA) is 19.4 Å². The summed E-state index contributed by atoms with van der Waals surface area (Å²) in [5.74, 6) is 1.09. The summed E-state index contributed by atoms with van der Waals surface area (Å²) in [6, 6.07) is 17.6. The molecule has 23 heavy (non-hydrogen) atoms. The number of piperidine rings is 1. The number of hydrogen-bond acceptors (Lipinski definition) is 3. The van der Waals surface area contributed by atoms with Gasteiger partial charge in [-0.25, -0.2) is 4.98 Å². The molecule has 0 unspecified atom stereocenters. The van der Waals surface area contributed by atoms with E-state index in [-0.39, 0.29) is 0 Å². The molecule has 0 saturated carbocycles. The summed E-state index contributed by atoms with van der Waals surface area (Å²) in [7, 11) is 2.18. The number of likely N-dealkylation sites (tertiary alicyclic amines) is 1. The van der Waals surface area contributed by atoms with E-state index in [0.717, 1.165) is 5.82 Å². The minimum Gasteiger partial charge on any atom is -0.357 e. The Balaban J connectivity index is 1.40. The first-order chi connectivity index (χ1) is 11.3. The third-order valence-electron chi connectivity index (χ3n) is 4.90. The molecule has 1 saturated heterocycles. The Bertz CT molecular complexity index is 562. The van der Waals surface area contributed by atoms with Crippen molar-refractivity contribution in [3.63, 3.8) is 0 Å². The van der Waals surface area contributed by atoms with Crippen LogP contribution < -0.4 is 4.90 Å². The molecule has 2 heterocycles. The molecule has 122 valence electrons. The van der Waals surface area contributed by atoms with Crippen LogP contribution in [0, 0.1) is 0 Å². The van der Waals surface area contributed by atoms with Crippen LogP contribution in [0.5, 0.6) is 0 Å². The normalized spacial score (nSPS) is 16.4. The van der Waals surface area contributed by atoms with Gasteiger partial charge in [-0.2, -0.15) is 0 Å². The molecule has 1 fully saturated rings. The number of aryl methyl sites for hydroxylation is 1. The van der Waals surface area contributed by atoms with E-state index >= 15 is 0 Å². The maximum atomic E-state index is 4.47. The second-order valence-electron chi connectivity index (χ2n) is 6.46. The molecule has 1 aliphatic rings. The number of aromatic nitrogens is 1. The van der Waals surface area contributed by atoms with Crippen LogP contribution in [0.15, 0.2) is 54.7 Å². The van der Waals surface area contributed by atoms with Crippen molar-refractivity contribution in [1.82, 2.24) is 9.88 Å². The highest BCUT2D eigenvalue weighted by Gasteiger charge is 2.22. The number of anilines is 1. The molecule has 0 bridgehead atoms. The lowest BCUT2D eigenvalue weighted by atomic mass is 10.0. The average molecular weight is 309 g/mol. The summed E-state index contributed by atoms with van der Waals surface area (Å²) in [5.41, 5.74) is 1.46. The van der Waals surface area contributed by atoms with Crippen molar-refractivity contribution < 1.29 is 0 Å². The van der Waals surface area contributed by atoms with Crippen LogP contribution in [0.1, 0.15) is 24.8 Å². The van der Waals surface area contributed by atoms with Crippen LogP contribution in [-0.2, 0) is 6.42 Å². The first-order valence-electron chi connectivity index (χ1n) is 8.73. The van der Waals surface area contributed by atoms with Gasteiger partial charge in [0.15, 0.2) is 0 Å². The second-order valence-corrected chi connectivity index (χ2v) is 6.46. The lowest BCUT2D eigenvalue weighted by Gasteiger charge is -2.37. The first-order valence-corrected chi connectivity index (χ1v) is 8.73. The standard InChI is InChI=1S/C20H27N3/c1-22(20-11-5-6-14-21-20)19-12-16-23(17-13-19)15-7-10-18-8-3-2-4-9-18/h2-6,8-9,11,14,19H,7,10,12-13,15-17H2,1H3. The van der Waals surface area contributed by atoms with Crippen LogP contribution in [0.2, 0.25) is 0 Å². The average Bonchev–Trinajstić information content (AvgIpc) is 2.63. The van der Waals surface area contributed by atoms with Gasteiger partial charge in [-0.3, -0.25) is 0 Å². The molecule has 0 amide bonds. The van der Waals surface area contributed by atoms with E-state index < -0.39 is 0 Å². The predicted molar refractivity (Wildman–Crippen MR) is 96.9 cm³/mol. The number of hydrogen-bond donors (Lipinski definition) is 0. The van der Waals surface area contributed by atoms with Gasteiger partial charge in [0, 0.05) is 32.4 Å². The van der Waals surface area contributed by atoms with Crippen molar-refractivity contribution in [2.45, 2.75) is 31.7 Å². The fourth-order valence-electron chi connectivity index (χ4n) is 3.43. The van der Waals surface area contributed by atoms with Gasteiger partial charge in [-0.05, 0) is 49.9 Å². The fraction of sp³-hybridized carbons (Fsp3) is 0.450. The molecule has 3 nitrogen and oxygen atoms in total. The van der Waals surface area contributed by atoms with E-state index in [0.29, 0.717) is 6.04 Å². The van der Waals surface area contributed by atoms with Gasteiger partial charge in [0.2, 0.25) is 0 Å². The Labute approximate surface area is 140 Å². The molecule has 1 aromatic heterocycles. The molecule has 0 N–H and O–H groups in total. The molecule has 3 heteroatoms. The van der Waals surface area contributed by atoms with E-state index in [1.807, 2.05) is 12.3 Å². The molecule has 0 atom stereocenters. The van der Waals surface area contributed by atoms with Crippen molar-refractivity contribution in [3.8, 4) is 0 Å². The molecule has 3 rings (SSSR count). The van der Waals surface area contributed by atoms with Crippen LogP contribution >= 0.6 is 0 Å². The SMILES string of the molecule is CN(c1ccccn1)C1CCN(CCCc2ccccc2)CC1. The molecular formula is C20H27N3. The van der Waals surface area contributed by atoms with Gasteiger partial charge in [0.1, 0.15) is 5.82 Å². The van der Waals surface area contributed by atoms with Crippen molar-refractivity contribution in [2.24, 2.45) is 0 Å². The van der Waals surface area contributed by atoms with Crippen molar-refractivity contribution in [3.05, 3.63) is 60.3 Å². The molecule has 2 aromatic rings. The molecule has 1 aliphatic heterocycles. The maximum absolute atomic E-state index is 4.47. The van der Waals surface area contributed by atoms with E-state index in [1.54, 1.807) is 0 Å². The maximum Gasteiger partial charge on any atom is 0.128 e. The third kappa shape index (κ3) is 4.55. The van der Waals surface area contributed by atoms with Crippen molar-refractivity contribution in [2.75, 3.05) is 31.6 Å². The van der Waals surface area contributed by atoms with Crippen molar-refractivity contribution in [1.29, 1.82) is 0 Å². The van der Waals surface area contributed by atoms with E-state index in [1.165, 1.54) is 50.9 Å². The largest absolute Gasteiger partial charge is 0.357 e. The number of rotatable bonds is 6. The van der Waals surface area contributed by atoms with Crippen LogP contribution in [0.3, 0.4) is 0 Å². The minimum atomic E-state index is 0.621. The van der Waals surface area contributed by atoms with E-state index in [4.69, 9.17) is 0 Å². The molecule has 0 radical (unpaired) electrons. The third-order valence-corrected chi connectivity index (χ3v) is 4.90. The Morgan fingerprint density at radius 2 is 1.78 bits per heavy atom. The van der Waals surface area contributed by atoms with Gasteiger partial charge in [0.25, 0.3) is 0 Å². The number of pyridine rings is 1. The van der Waals surface area contributed by atoms with Crippen LogP contribution in [-0.4, -0.2) is 42.6 Å². The summed E-state index contributed by atoms with van der Waals surface area (Å²) in [6.45, 7) is 3.63. The first kappa shape index (κ1) is 16.0. The molecular weight excluding hydrogens is 282 g/mol. The monoisotopic (exact) mass is 309 g/mol. The minimum absolute atomic E-state index is 0.621. The second kappa shape index (κ2) is 8.11. The summed E-state index contributed by atoms with van der Waals surface area (Å²) < 4.78 is 0. The summed E-state index contributed by atoms with van der Waals surface area (Å²) in [5, 5.41) is 0. The van der Waals surface area contributed by atoms with Gasteiger partial charge < -0.3 is 9.80 Å². The molecule has 0 aliphatic carbocycles. The summed E-state index contributed by atoms with van der Waals surface area (Å²) >= 11 is 0. The van der Waals surface area contributed by atoms with E-state index in [9.17, 15) is 0 Å². The Kier molecular flexibility index (Phi) is 5.65. The summed E-state index contributed by atoms with van der Waals surface area (Å²) in [4.78, 5) is 9.43. The smallest absolute Gasteiger partial charge is 0.128 e. The lowest BCUT2D eigenvalue weighted by Crippen LogP contribution is -2.44. The zero-order valence-electron chi connectivity index (χ0n) is 14.1. The quantitative estimate of drug-likeness (QED) is 0.812. The Morgan fingerprint density at radius 1 is 1.04 bits per heavy atom. The fourth-order valence-corrected chi connectivity index (χ4v) is 3.43. The van der Waals surface area contributed by atoms with Crippen LogP contribution in [0.25, 0.3) is 0 Å². The zero-order valence-corrected chi connectivity index (χ0v) is 14.1. The summed E-state index contributed by atoms with van der Waals surface area (Å²) in [6.07, 6.45) is 6.79. The Morgan fingerprint density at radius 3 is 2.48 bits per heavy atom. The Hall–Kier alpha value is -1.87. The zero-order chi connectivity index (χ0) is 15.9. The number of benzene rings is 1. The lowest BCUT2D eigenvalue weighted by molar-refractivity contribution is 0.208. The van der Waals surface area contributed by atoms with E-state index in [2.05, 4.69) is 64.3 Å². The van der Waals surface area contributed by atoms with Gasteiger partial charge >= 0.3 is 0 Å². The molecule has 0 spiro atoms. The predicted octanol–water partition coefficient (Wildman–Crippen LogP) is 3.62. The highest BCUT2D eigenvalue weighted by molar-refractivity contribution is 5.38.